The minimum absolute atomic E-state index is 0.108. The maximum Gasteiger partial charge on any atom is 0.270 e. The highest BCUT2D eigenvalue weighted by molar-refractivity contribution is 5.92. The van der Waals surface area contributed by atoms with Crippen LogP contribution < -0.4 is 10.2 Å². The third-order valence-electron chi connectivity index (χ3n) is 4.19. The average molecular weight is 319 g/mol. The highest BCUT2D eigenvalue weighted by atomic mass is 16.5. The summed E-state index contributed by atoms with van der Waals surface area (Å²) >= 11 is 0. The van der Waals surface area contributed by atoms with Gasteiger partial charge >= 0.3 is 0 Å². The fourth-order valence-electron chi connectivity index (χ4n) is 2.80. The van der Waals surface area contributed by atoms with Gasteiger partial charge in [-0.1, -0.05) is 0 Å². The lowest BCUT2D eigenvalue weighted by Gasteiger charge is -2.33. The number of nitrogens with zero attached hydrogens (tertiary/aromatic N) is 4. The Labute approximate surface area is 134 Å². The van der Waals surface area contributed by atoms with Gasteiger partial charge in [-0.3, -0.25) is 9.59 Å². The number of aromatic nitrogens is 2. The van der Waals surface area contributed by atoms with E-state index in [0.717, 1.165) is 25.9 Å². The van der Waals surface area contributed by atoms with Crippen LogP contribution in [0.5, 0.6) is 0 Å². The van der Waals surface area contributed by atoms with Gasteiger partial charge in [0.15, 0.2) is 0 Å². The molecule has 0 bridgehead atoms. The van der Waals surface area contributed by atoms with E-state index in [1.165, 1.54) is 6.33 Å². The molecule has 2 amide bonds. The van der Waals surface area contributed by atoms with Crippen molar-refractivity contribution in [1.82, 2.24) is 20.2 Å². The molecule has 0 spiro atoms. The van der Waals surface area contributed by atoms with Gasteiger partial charge in [0, 0.05) is 45.4 Å². The Kier molecular flexibility index (Phi) is 5.02. The van der Waals surface area contributed by atoms with Crippen molar-refractivity contribution >= 4 is 18.1 Å². The van der Waals surface area contributed by atoms with Crippen LogP contribution in [0.4, 0.5) is 5.82 Å². The van der Waals surface area contributed by atoms with Crippen molar-refractivity contribution in [2.24, 2.45) is 0 Å². The van der Waals surface area contributed by atoms with E-state index in [9.17, 15) is 9.59 Å². The van der Waals surface area contributed by atoms with Crippen LogP contribution in [0, 0.1) is 0 Å². The lowest BCUT2D eigenvalue weighted by molar-refractivity contribution is -0.118. The number of carbonyl (C=O) groups is 2. The van der Waals surface area contributed by atoms with Crippen LogP contribution in [0.25, 0.3) is 0 Å². The van der Waals surface area contributed by atoms with Gasteiger partial charge in [-0.2, -0.15) is 0 Å². The molecule has 2 aliphatic heterocycles. The number of rotatable bonds is 5. The third-order valence-corrected chi connectivity index (χ3v) is 4.19. The Balaban J connectivity index is 1.58. The summed E-state index contributed by atoms with van der Waals surface area (Å²) < 4.78 is 5.49. The summed E-state index contributed by atoms with van der Waals surface area (Å²) in [5.41, 5.74) is 0.353. The van der Waals surface area contributed by atoms with Crippen molar-refractivity contribution in [3.8, 4) is 0 Å². The Morgan fingerprint density at radius 2 is 2.17 bits per heavy atom. The number of hydrogen-bond donors (Lipinski definition) is 1. The summed E-state index contributed by atoms with van der Waals surface area (Å²) in [4.78, 5) is 35.0. The molecule has 3 rings (SSSR count). The van der Waals surface area contributed by atoms with E-state index in [1.807, 2.05) is 0 Å². The Morgan fingerprint density at radius 3 is 2.87 bits per heavy atom. The Hall–Kier alpha value is -2.22. The van der Waals surface area contributed by atoms with Gasteiger partial charge in [-0.15, -0.1) is 0 Å². The number of carbonyl (C=O) groups excluding carboxylic acids is 2. The molecular weight excluding hydrogens is 298 g/mol. The summed E-state index contributed by atoms with van der Waals surface area (Å²) in [5.74, 6) is 0.503. The summed E-state index contributed by atoms with van der Waals surface area (Å²) in [6, 6.07) is 1.70. The van der Waals surface area contributed by atoms with E-state index in [0.29, 0.717) is 44.2 Å². The number of nitrogens with one attached hydrogen (secondary N) is 1. The first-order valence-corrected chi connectivity index (χ1v) is 7.92. The van der Waals surface area contributed by atoms with E-state index in [1.54, 1.807) is 11.0 Å². The van der Waals surface area contributed by atoms with Gasteiger partial charge in [0.1, 0.15) is 17.8 Å². The van der Waals surface area contributed by atoms with Crippen LogP contribution in [0.15, 0.2) is 12.4 Å². The van der Waals surface area contributed by atoms with Gasteiger partial charge in [-0.25, -0.2) is 9.97 Å². The van der Waals surface area contributed by atoms with Gasteiger partial charge in [-0.05, 0) is 12.8 Å². The topological polar surface area (TPSA) is 87.7 Å². The number of ether oxygens (including phenoxy) is 1. The number of piperazine rings is 1. The van der Waals surface area contributed by atoms with E-state index in [2.05, 4.69) is 20.2 Å². The molecule has 2 saturated heterocycles. The van der Waals surface area contributed by atoms with Crippen molar-refractivity contribution in [3.63, 3.8) is 0 Å². The first kappa shape index (κ1) is 15.7. The monoisotopic (exact) mass is 319 g/mol. The van der Waals surface area contributed by atoms with Crippen molar-refractivity contribution < 1.29 is 14.3 Å². The largest absolute Gasteiger partial charge is 0.376 e. The third kappa shape index (κ3) is 3.95. The highest BCUT2D eigenvalue weighted by Gasteiger charge is 2.20. The van der Waals surface area contributed by atoms with Crippen molar-refractivity contribution in [2.45, 2.75) is 18.9 Å². The molecule has 1 N–H and O–H groups in total. The second-order valence-electron chi connectivity index (χ2n) is 5.73. The normalized spacial score (nSPS) is 21.3. The zero-order chi connectivity index (χ0) is 16.1. The molecule has 1 atom stereocenters. The Morgan fingerprint density at radius 1 is 1.35 bits per heavy atom. The molecule has 0 saturated carbocycles. The van der Waals surface area contributed by atoms with Gasteiger partial charge in [0.2, 0.25) is 6.41 Å². The van der Waals surface area contributed by atoms with E-state index < -0.39 is 0 Å². The first-order chi connectivity index (χ1) is 11.3. The van der Waals surface area contributed by atoms with Crippen LogP contribution in [0.3, 0.4) is 0 Å². The zero-order valence-electron chi connectivity index (χ0n) is 13.0. The predicted molar refractivity (Wildman–Crippen MR) is 83.2 cm³/mol. The quantitative estimate of drug-likeness (QED) is 0.747. The van der Waals surface area contributed by atoms with Crippen LogP contribution >= 0.6 is 0 Å². The highest BCUT2D eigenvalue weighted by Crippen LogP contribution is 2.14. The van der Waals surface area contributed by atoms with E-state index in [4.69, 9.17) is 4.74 Å². The van der Waals surface area contributed by atoms with Gasteiger partial charge in [0.25, 0.3) is 5.91 Å². The average Bonchev–Trinajstić information content (AvgIpc) is 3.13. The van der Waals surface area contributed by atoms with Gasteiger partial charge in [0.05, 0.1) is 6.10 Å². The maximum absolute atomic E-state index is 12.2. The number of anilines is 1. The lowest BCUT2D eigenvalue weighted by atomic mass is 10.2. The molecule has 23 heavy (non-hydrogen) atoms. The maximum atomic E-state index is 12.2. The molecule has 0 aliphatic carbocycles. The molecule has 1 unspecified atom stereocenters. The summed E-state index contributed by atoms with van der Waals surface area (Å²) in [6.07, 6.45) is 4.40. The number of hydrogen-bond acceptors (Lipinski definition) is 6. The molecule has 8 nitrogen and oxygen atoms in total. The fourth-order valence-corrected chi connectivity index (χ4v) is 2.80. The van der Waals surface area contributed by atoms with Crippen LogP contribution in [-0.2, 0) is 9.53 Å². The number of amides is 2. The van der Waals surface area contributed by atoms with Crippen LogP contribution in [0.1, 0.15) is 23.3 Å². The van der Waals surface area contributed by atoms with Crippen LogP contribution in [0.2, 0.25) is 0 Å². The summed E-state index contributed by atoms with van der Waals surface area (Å²) in [6.45, 7) is 4.00. The molecule has 0 radical (unpaired) electrons. The standard InChI is InChI=1S/C15H21N5O3/c21-11-19-3-5-20(6-4-19)14-8-13(17-10-18-14)15(22)16-9-12-2-1-7-23-12/h8,10-12H,1-7,9H2,(H,16,22). The zero-order valence-corrected chi connectivity index (χ0v) is 13.0. The van der Waals surface area contributed by atoms with E-state index in [-0.39, 0.29) is 12.0 Å². The lowest BCUT2D eigenvalue weighted by Crippen LogP contribution is -2.46. The van der Waals surface area contributed by atoms with E-state index >= 15 is 0 Å². The van der Waals surface area contributed by atoms with Crippen molar-refractivity contribution in [2.75, 3.05) is 44.2 Å². The molecule has 0 aromatic carbocycles. The van der Waals surface area contributed by atoms with Crippen molar-refractivity contribution in [1.29, 1.82) is 0 Å². The van der Waals surface area contributed by atoms with Crippen LogP contribution in [-0.4, -0.2) is 72.6 Å². The van der Waals surface area contributed by atoms with Gasteiger partial charge < -0.3 is 19.9 Å². The fraction of sp³-hybridized carbons (Fsp3) is 0.600. The second-order valence-corrected chi connectivity index (χ2v) is 5.73. The summed E-state index contributed by atoms with van der Waals surface area (Å²) in [7, 11) is 0. The SMILES string of the molecule is O=CN1CCN(c2cc(C(=O)NCC3CCCO3)ncn2)CC1. The molecular formula is C15H21N5O3. The molecule has 1 aromatic heterocycles. The molecule has 3 heterocycles. The van der Waals surface area contributed by atoms with Crippen molar-refractivity contribution in [3.05, 3.63) is 18.1 Å². The first-order valence-electron chi connectivity index (χ1n) is 7.92. The molecule has 124 valence electrons. The Bertz CT molecular complexity index is 554. The molecule has 2 aliphatic rings. The molecule has 1 aromatic rings. The second kappa shape index (κ2) is 7.36. The minimum atomic E-state index is -0.212. The predicted octanol–water partition coefficient (Wildman–Crippen LogP) is -0.336. The minimum Gasteiger partial charge on any atom is -0.376 e. The molecule has 8 heteroatoms. The summed E-state index contributed by atoms with van der Waals surface area (Å²) in [5, 5.41) is 2.86. The smallest absolute Gasteiger partial charge is 0.270 e. The molecule has 2 fully saturated rings.